The maximum atomic E-state index is 5.39. The van der Waals surface area contributed by atoms with E-state index >= 15 is 0 Å². The molecule has 2 saturated carbocycles. The maximum Gasteiger partial charge on any atom is 0.166 e. The van der Waals surface area contributed by atoms with Gasteiger partial charge in [-0.1, -0.05) is 38.5 Å². The Bertz CT molecular complexity index is 355. The van der Waals surface area contributed by atoms with Gasteiger partial charge in [-0.05, 0) is 69.4 Å². The average Bonchev–Trinajstić information content (AvgIpc) is 2.62. The third kappa shape index (κ3) is 9.59. The molecule has 0 aromatic carbocycles. The van der Waals surface area contributed by atoms with Crippen molar-refractivity contribution in [2.45, 2.75) is 95.6 Å². The van der Waals surface area contributed by atoms with E-state index in [0.717, 1.165) is 36.2 Å². The predicted molar refractivity (Wildman–Crippen MR) is 115 cm³/mol. The van der Waals surface area contributed by atoms with E-state index in [2.05, 4.69) is 21.3 Å². The first-order chi connectivity index (χ1) is 12.2. The quantitative estimate of drug-likeness (QED) is 0.378. The van der Waals surface area contributed by atoms with Gasteiger partial charge in [0, 0.05) is 25.2 Å². The smallest absolute Gasteiger partial charge is 0.166 e. The molecule has 144 valence electrons. The van der Waals surface area contributed by atoms with Gasteiger partial charge in [0.15, 0.2) is 10.2 Å². The SMILES string of the molecule is S=C(NCCCCCNC(=S)NC1CCCCC1)NC1CCCCC1. The van der Waals surface area contributed by atoms with Crippen molar-refractivity contribution in [3.8, 4) is 0 Å². The normalized spacial score (nSPS) is 19.2. The Kier molecular flexibility index (Phi) is 10.5. The van der Waals surface area contributed by atoms with Gasteiger partial charge in [0.1, 0.15) is 0 Å². The van der Waals surface area contributed by atoms with E-state index in [1.54, 1.807) is 0 Å². The Hall–Kier alpha value is -0.620. The zero-order valence-corrected chi connectivity index (χ0v) is 17.2. The molecule has 2 rings (SSSR count). The van der Waals surface area contributed by atoms with Crippen LogP contribution in [0.5, 0.6) is 0 Å². The van der Waals surface area contributed by atoms with Gasteiger partial charge in [-0.15, -0.1) is 0 Å². The van der Waals surface area contributed by atoms with Crippen LogP contribution in [-0.4, -0.2) is 35.4 Å². The highest BCUT2D eigenvalue weighted by atomic mass is 32.1. The standard InChI is InChI=1S/C19H36N4S2/c24-18(22-16-10-4-1-5-11-16)20-14-8-3-9-15-21-19(25)23-17-12-6-2-7-13-17/h16-17H,1-15H2,(H2,20,22,24)(H2,21,23,25). The van der Waals surface area contributed by atoms with Crippen LogP contribution in [0.4, 0.5) is 0 Å². The molecular formula is C19H36N4S2. The molecule has 4 N–H and O–H groups in total. The largest absolute Gasteiger partial charge is 0.363 e. The molecule has 0 aromatic rings. The van der Waals surface area contributed by atoms with Gasteiger partial charge in [-0.2, -0.15) is 0 Å². The van der Waals surface area contributed by atoms with Crippen molar-refractivity contribution in [2.24, 2.45) is 0 Å². The molecule has 0 spiro atoms. The molecular weight excluding hydrogens is 348 g/mol. The van der Waals surface area contributed by atoms with Crippen molar-refractivity contribution in [1.82, 2.24) is 21.3 Å². The molecule has 2 fully saturated rings. The zero-order chi connectivity index (χ0) is 17.7. The van der Waals surface area contributed by atoms with Gasteiger partial charge in [-0.25, -0.2) is 0 Å². The number of unbranched alkanes of at least 4 members (excludes halogenated alkanes) is 2. The Labute approximate surface area is 164 Å². The Morgan fingerprint density at radius 2 is 1.00 bits per heavy atom. The van der Waals surface area contributed by atoms with E-state index in [1.165, 1.54) is 70.6 Å². The second-order valence-electron chi connectivity index (χ2n) is 7.53. The van der Waals surface area contributed by atoms with Crippen LogP contribution in [0.1, 0.15) is 83.5 Å². The van der Waals surface area contributed by atoms with Crippen LogP contribution >= 0.6 is 24.4 Å². The molecule has 2 aliphatic carbocycles. The Morgan fingerprint density at radius 3 is 1.40 bits per heavy atom. The first-order valence-corrected chi connectivity index (χ1v) is 11.1. The summed E-state index contributed by atoms with van der Waals surface area (Å²) in [7, 11) is 0. The summed E-state index contributed by atoms with van der Waals surface area (Å²) in [5.41, 5.74) is 0. The van der Waals surface area contributed by atoms with Crippen molar-refractivity contribution in [3.63, 3.8) is 0 Å². The molecule has 0 heterocycles. The van der Waals surface area contributed by atoms with Crippen molar-refractivity contribution in [2.75, 3.05) is 13.1 Å². The van der Waals surface area contributed by atoms with Crippen LogP contribution in [0, 0.1) is 0 Å². The highest BCUT2D eigenvalue weighted by Gasteiger charge is 2.14. The van der Waals surface area contributed by atoms with E-state index in [-0.39, 0.29) is 0 Å². The molecule has 2 aliphatic rings. The van der Waals surface area contributed by atoms with Gasteiger partial charge in [0.05, 0.1) is 0 Å². The molecule has 0 aromatic heterocycles. The highest BCUT2D eigenvalue weighted by Crippen LogP contribution is 2.17. The van der Waals surface area contributed by atoms with Crippen LogP contribution in [0.3, 0.4) is 0 Å². The average molecular weight is 385 g/mol. The Morgan fingerprint density at radius 1 is 0.600 bits per heavy atom. The zero-order valence-electron chi connectivity index (χ0n) is 15.6. The molecule has 0 radical (unpaired) electrons. The van der Waals surface area contributed by atoms with E-state index in [1.807, 2.05) is 0 Å². The van der Waals surface area contributed by atoms with Gasteiger partial charge >= 0.3 is 0 Å². The van der Waals surface area contributed by atoms with E-state index < -0.39 is 0 Å². The predicted octanol–water partition coefficient (Wildman–Crippen LogP) is 3.75. The fourth-order valence-corrected chi connectivity index (χ4v) is 4.33. The number of nitrogens with one attached hydrogen (secondary N) is 4. The number of thiocarbonyl (C=S) groups is 2. The third-order valence-electron chi connectivity index (χ3n) is 5.31. The van der Waals surface area contributed by atoms with Crippen molar-refractivity contribution < 1.29 is 0 Å². The molecule has 25 heavy (non-hydrogen) atoms. The van der Waals surface area contributed by atoms with Gasteiger partial charge in [0.25, 0.3) is 0 Å². The first-order valence-electron chi connectivity index (χ1n) is 10.3. The molecule has 0 aliphatic heterocycles. The third-order valence-corrected chi connectivity index (χ3v) is 5.83. The summed E-state index contributed by atoms with van der Waals surface area (Å²) >= 11 is 10.8. The maximum absolute atomic E-state index is 5.39. The van der Waals surface area contributed by atoms with Crippen molar-refractivity contribution in [1.29, 1.82) is 0 Å². The minimum absolute atomic E-state index is 0.593. The highest BCUT2D eigenvalue weighted by molar-refractivity contribution is 7.80. The number of rotatable bonds is 8. The van der Waals surface area contributed by atoms with Gasteiger partial charge < -0.3 is 21.3 Å². The molecule has 4 nitrogen and oxygen atoms in total. The topological polar surface area (TPSA) is 48.1 Å². The number of hydrogen-bond acceptors (Lipinski definition) is 2. The van der Waals surface area contributed by atoms with Crippen molar-refractivity contribution in [3.05, 3.63) is 0 Å². The summed E-state index contributed by atoms with van der Waals surface area (Å²) in [6.45, 7) is 1.92. The summed E-state index contributed by atoms with van der Waals surface area (Å²) in [5, 5.41) is 15.3. The molecule has 0 atom stereocenters. The van der Waals surface area contributed by atoms with E-state index in [4.69, 9.17) is 24.4 Å². The van der Waals surface area contributed by atoms with Gasteiger partial charge in [-0.3, -0.25) is 0 Å². The lowest BCUT2D eigenvalue weighted by Crippen LogP contribution is -2.43. The second kappa shape index (κ2) is 12.7. The lowest BCUT2D eigenvalue weighted by molar-refractivity contribution is 0.411. The summed E-state index contributed by atoms with van der Waals surface area (Å²) < 4.78 is 0. The van der Waals surface area contributed by atoms with E-state index in [9.17, 15) is 0 Å². The van der Waals surface area contributed by atoms with Gasteiger partial charge in [0.2, 0.25) is 0 Å². The fraction of sp³-hybridized carbons (Fsp3) is 0.895. The summed E-state index contributed by atoms with van der Waals surface area (Å²) in [6, 6.07) is 1.19. The lowest BCUT2D eigenvalue weighted by atomic mass is 9.96. The first kappa shape index (κ1) is 20.7. The number of hydrogen-bond donors (Lipinski definition) is 4. The molecule has 0 amide bonds. The lowest BCUT2D eigenvalue weighted by Gasteiger charge is -2.24. The van der Waals surface area contributed by atoms with Crippen LogP contribution in [0.25, 0.3) is 0 Å². The molecule has 0 bridgehead atoms. The minimum atomic E-state index is 0.593. The molecule has 0 saturated heterocycles. The monoisotopic (exact) mass is 384 g/mol. The summed E-state index contributed by atoms with van der Waals surface area (Å²) in [4.78, 5) is 0. The van der Waals surface area contributed by atoms with Crippen LogP contribution in [-0.2, 0) is 0 Å². The minimum Gasteiger partial charge on any atom is -0.363 e. The van der Waals surface area contributed by atoms with Crippen LogP contribution in [0.15, 0.2) is 0 Å². The second-order valence-corrected chi connectivity index (χ2v) is 8.35. The molecule has 0 unspecified atom stereocenters. The summed E-state index contributed by atoms with van der Waals surface area (Å²) in [6.07, 6.45) is 16.7. The molecule has 6 heteroatoms. The van der Waals surface area contributed by atoms with Crippen LogP contribution in [0.2, 0.25) is 0 Å². The van der Waals surface area contributed by atoms with Crippen molar-refractivity contribution >= 4 is 34.7 Å². The summed E-state index contributed by atoms with van der Waals surface area (Å²) in [5.74, 6) is 0. The fourth-order valence-electron chi connectivity index (χ4n) is 3.80. The Balaban J connectivity index is 1.38. The van der Waals surface area contributed by atoms with E-state index in [0.29, 0.717) is 12.1 Å². The van der Waals surface area contributed by atoms with Crippen LogP contribution < -0.4 is 21.3 Å².